The average molecular weight is 365 g/mol. The zero-order valence-electron chi connectivity index (χ0n) is 13.9. The molecule has 1 N–H and O–H groups in total. The standard InChI is InChI=1S/C17H20FN3O3S/c1-10(22)19-7-12-8-20(17(23)24-12)11-2-3-14(13(18)6-11)21-9-16-15(21)4-5-25-16/h2-3,6,12,15-16H,4-5,7-9H2,1H3,(H,19,22). The predicted octanol–water partition coefficient (Wildman–Crippen LogP) is 1.98. The molecule has 6 nitrogen and oxygen atoms in total. The van der Waals surface area contributed by atoms with E-state index < -0.39 is 12.2 Å². The van der Waals surface area contributed by atoms with E-state index in [1.54, 1.807) is 12.1 Å². The lowest BCUT2D eigenvalue weighted by Crippen LogP contribution is -2.56. The van der Waals surface area contributed by atoms with Crippen molar-refractivity contribution in [2.75, 3.05) is 35.2 Å². The number of carbonyl (C=O) groups excluding carboxylic acids is 2. The van der Waals surface area contributed by atoms with Gasteiger partial charge in [-0.1, -0.05) is 0 Å². The fraction of sp³-hybridized carbons (Fsp3) is 0.529. The first kappa shape index (κ1) is 16.5. The van der Waals surface area contributed by atoms with E-state index >= 15 is 0 Å². The number of carbonyl (C=O) groups is 2. The Hall–Kier alpha value is -1.96. The molecule has 1 aromatic rings. The molecular weight excluding hydrogens is 345 g/mol. The highest BCUT2D eigenvalue weighted by atomic mass is 32.2. The van der Waals surface area contributed by atoms with Gasteiger partial charge in [-0.05, 0) is 30.4 Å². The van der Waals surface area contributed by atoms with E-state index in [0.29, 0.717) is 29.2 Å². The summed E-state index contributed by atoms with van der Waals surface area (Å²) in [6.45, 7) is 2.84. The number of hydrogen-bond acceptors (Lipinski definition) is 5. The summed E-state index contributed by atoms with van der Waals surface area (Å²) in [5.41, 5.74) is 1.09. The monoisotopic (exact) mass is 365 g/mol. The number of hydrogen-bond donors (Lipinski definition) is 1. The van der Waals surface area contributed by atoms with Crippen LogP contribution in [0.1, 0.15) is 13.3 Å². The van der Waals surface area contributed by atoms with Gasteiger partial charge in [0.2, 0.25) is 5.91 Å². The topological polar surface area (TPSA) is 61.9 Å². The Bertz CT molecular complexity index is 716. The SMILES string of the molecule is CC(=O)NCC1CN(c2ccc(N3CC4SCCC43)c(F)c2)C(=O)O1. The Kier molecular flexibility index (Phi) is 4.23. The number of rotatable bonds is 4. The second-order valence-electron chi connectivity index (χ2n) is 6.61. The number of nitrogens with one attached hydrogen (secondary N) is 1. The number of benzene rings is 1. The third-order valence-electron chi connectivity index (χ3n) is 4.96. The van der Waals surface area contributed by atoms with Gasteiger partial charge in [-0.15, -0.1) is 0 Å². The largest absolute Gasteiger partial charge is 0.442 e. The number of fused-ring (bicyclic) bond motifs is 1. The molecule has 0 radical (unpaired) electrons. The van der Waals surface area contributed by atoms with Crippen molar-refractivity contribution in [1.29, 1.82) is 0 Å². The highest BCUT2D eigenvalue weighted by Crippen LogP contribution is 2.42. The Balaban J connectivity index is 1.45. The fourth-order valence-electron chi connectivity index (χ4n) is 3.63. The van der Waals surface area contributed by atoms with Crippen molar-refractivity contribution in [3.05, 3.63) is 24.0 Å². The Morgan fingerprint density at radius 3 is 3.00 bits per heavy atom. The van der Waals surface area contributed by atoms with Gasteiger partial charge >= 0.3 is 6.09 Å². The van der Waals surface area contributed by atoms with Crippen molar-refractivity contribution in [1.82, 2.24) is 5.32 Å². The molecule has 0 aromatic heterocycles. The molecule has 0 saturated carbocycles. The number of halogens is 1. The summed E-state index contributed by atoms with van der Waals surface area (Å²) in [5.74, 6) is 0.648. The van der Waals surface area contributed by atoms with Gasteiger partial charge in [-0.25, -0.2) is 9.18 Å². The molecule has 4 rings (SSSR count). The average Bonchev–Trinajstić information content (AvgIpc) is 3.10. The van der Waals surface area contributed by atoms with E-state index in [9.17, 15) is 14.0 Å². The van der Waals surface area contributed by atoms with Crippen molar-refractivity contribution in [2.24, 2.45) is 0 Å². The van der Waals surface area contributed by atoms with E-state index in [1.165, 1.54) is 17.9 Å². The maximum atomic E-state index is 14.6. The minimum absolute atomic E-state index is 0.178. The summed E-state index contributed by atoms with van der Waals surface area (Å²) in [7, 11) is 0. The number of cyclic esters (lactones) is 1. The number of anilines is 2. The van der Waals surface area contributed by atoms with Crippen molar-refractivity contribution in [3.63, 3.8) is 0 Å². The highest BCUT2D eigenvalue weighted by molar-refractivity contribution is 8.00. The first-order valence-electron chi connectivity index (χ1n) is 8.43. The molecule has 3 fully saturated rings. The van der Waals surface area contributed by atoms with Gasteiger partial charge in [-0.2, -0.15) is 11.8 Å². The van der Waals surface area contributed by atoms with E-state index in [4.69, 9.17) is 4.74 Å². The number of amides is 2. The van der Waals surface area contributed by atoms with Gasteiger partial charge in [0.25, 0.3) is 0 Å². The van der Waals surface area contributed by atoms with Crippen LogP contribution in [0.2, 0.25) is 0 Å². The molecule has 3 aliphatic rings. The highest BCUT2D eigenvalue weighted by Gasteiger charge is 2.43. The summed E-state index contributed by atoms with van der Waals surface area (Å²) in [5, 5.41) is 3.25. The van der Waals surface area contributed by atoms with Crippen LogP contribution >= 0.6 is 11.8 Å². The first-order valence-corrected chi connectivity index (χ1v) is 9.48. The smallest absolute Gasteiger partial charge is 0.414 e. The van der Waals surface area contributed by atoms with Gasteiger partial charge in [0.05, 0.1) is 24.5 Å². The third kappa shape index (κ3) is 3.03. The van der Waals surface area contributed by atoms with E-state index in [1.807, 2.05) is 11.8 Å². The Morgan fingerprint density at radius 2 is 2.28 bits per heavy atom. The predicted molar refractivity (Wildman–Crippen MR) is 94.7 cm³/mol. The van der Waals surface area contributed by atoms with Gasteiger partial charge in [-0.3, -0.25) is 9.69 Å². The number of thioether (sulfide) groups is 1. The molecule has 1 aromatic carbocycles. The lowest BCUT2D eigenvalue weighted by molar-refractivity contribution is -0.119. The van der Waals surface area contributed by atoms with Crippen molar-refractivity contribution in [3.8, 4) is 0 Å². The van der Waals surface area contributed by atoms with Gasteiger partial charge in [0.1, 0.15) is 11.9 Å². The van der Waals surface area contributed by atoms with Crippen LogP contribution in [0.4, 0.5) is 20.6 Å². The molecule has 8 heteroatoms. The van der Waals surface area contributed by atoms with Crippen LogP contribution in [-0.2, 0) is 9.53 Å². The van der Waals surface area contributed by atoms with Crippen molar-refractivity contribution >= 4 is 35.1 Å². The number of nitrogens with zero attached hydrogens (tertiary/aromatic N) is 2. The molecular formula is C17H20FN3O3S. The zero-order chi connectivity index (χ0) is 17.6. The molecule has 3 unspecified atom stereocenters. The normalized spacial score (nSPS) is 27.8. The van der Waals surface area contributed by atoms with Gasteiger partial charge in [0, 0.05) is 24.8 Å². The molecule has 3 aliphatic heterocycles. The summed E-state index contributed by atoms with van der Waals surface area (Å²) < 4.78 is 19.8. The second-order valence-corrected chi connectivity index (χ2v) is 7.95. The quantitative estimate of drug-likeness (QED) is 0.884. The summed E-state index contributed by atoms with van der Waals surface area (Å²) in [4.78, 5) is 26.5. The van der Waals surface area contributed by atoms with E-state index in [-0.39, 0.29) is 18.3 Å². The van der Waals surface area contributed by atoms with Crippen molar-refractivity contribution in [2.45, 2.75) is 30.7 Å². The van der Waals surface area contributed by atoms with Gasteiger partial charge in [0.15, 0.2) is 0 Å². The summed E-state index contributed by atoms with van der Waals surface area (Å²) in [6, 6.07) is 5.34. The lowest BCUT2D eigenvalue weighted by Gasteiger charge is -2.45. The van der Waals surface area contributed by atoms with Crippen LogP contribution in [0.25, 0.3) is 0 Å². The van der Waals surface area contributed by atoms with E-state index in [2.05, 4.69) is 10.2 Å². The minimum Gasteiger partial charge on any atom is -0.442 e. The Morgan fingerprint density at radius 1 is 1.44 bits per heavy atom. The van der Waals surface area contributed by atoms with Crippen LogP contribution in [0.3, 0.4) is 0 Å². The number of ether oxygens (including phenoxy) is 1. The minimum atomic E-state index is -0.515. The van der Waals surface area contributed by atoms with Crippen LogP contribution < -0.4 is 15.1 Å². The molecule has 25 heavy (non-hydrogen) atoms. The molecule has 2 amide bonds. The van der Waals surface area contributed by atoms with Crippen molar-refractivity contribution < 1.29 is 18.7 Å². The Labute approximate surface area is 149 Å². The molecule has 3 heterocycles. The fourth-order valence-corrected chi connectivity index (χ4v) is 5.08. The lowest BCUT2D eigenvalue weighted by atomic mass is 9.99. The summed E-state index contributed by atoms with van der Waals surface area (Å²) >= 11 is 1.96. The zero-order valence-corrected chi connectivity index (χ0v) is 14.7. The first-order chi connectivity index (χ1) is 12.0. The molecule has 3 atom stereocenters. The van der Waals surface area contributed by atoms with Crippen LogP contribution in [0.15, 0.2) is 18.2 Å². The second kappa shape index (κ2) is 6.40. The maximum Gasteiger partial charge on any atom is 0.414 e. The third-order valence-corrected chi connectivity index (χ3v) is 6.32. The molecule has 134 valence electrons. The summed E-state index contributed by atoms with van der Waals surface area (Å²) in [6.07, 6.45) is 0.157. The molecule has 0 aliphatic carbocycles. The van der Waals surface area contributed by atoms with Crippen LogP contribution in [0.5, 0.6) is 0 Å². The van der Waals surface area contributed by atoms with Gasteiger partial charge < -0.3 is 15.0 Å². The molecule has 3 saturated heterocycles. The maximum absolute atomic E-state index is 14.6. The molecule has 0 bridgehead atoms. The van der Waals surface area contributed by atoms with Crippen LogP contribution in [0, 0.1) is 5.82 Å². The van der Waals surface area contributed by atoms with E-state index in [0.717, 1.165) is 18.7 Å². The van der Waals surface area contributed by atoms with Crippen LogP contribution in [-0.4, -0.2) is 54.8 Å². The molecule has 0 spiro atoms.